The highest BCUT2D eigenvalue weighted by Crippen LogP contribution is 2.22. The summed E-state index contributed by atoms with van der Waals surface area (Å²) in [5, 5.41) is 12.5. The number of nitrogens with zero attached hydrogens (tertiary/aromatic N) is 4. The van der Waals surface area contributed by atoms with Gasteiger partial charge in [0.2, 0.25) is 5.91 Å². The molecule has 0 bridgehead atoms. The lowest BCUT2D eigenvalue weighted by Crippen LogP contribution is -2.52. The Kier molecular flexibility index (Phi) is 3.08. The van der Waals surface area contributed by atoms with Crippen molar-refractivity contribution in [1.82, 2.24) is 19.7 Å². The van der Waals surface area contributed by atoms with Gasteiger partial charge in [0.25, 0.3) is 0 Å². The van der Waals surface area contributed by atoms with Gasteiger partial charge in [0, 0.05) is 19.0 Å². The maximum atomic E-state index is 11.9. The minimum Gasteiger partial charge on any atom is -0.481 e. The highest BCUT2D eigenvalue weighted by atomic mass is 16.4. The Bertz CT molecular complexity index is 411. The molecule has 1 aliphatic rings. The van der Waals surface area contributed by atoms with Crippen LogP contribution in [0.5, 0.6) is 0 Å². The summed E-state index contributed by atoms with van der Waals surface area (Å²) in [6, 6.07) is -0.386. The van der Waals surface area contributed by atoms with E-state index in [1.54, 1.807) is 11.8 Å². The van der Waals surface area contributed by atoms with Crippen molar-refractivity contribution in [2.24, 2.45) is 5.92 Å². The number of aromatic nitrogens is 3. The number of hydrogen-bond acceptors (Lipinski definition) is 4. The highest BCUT2D eigenvalue weighted by Gasteiger charge is 2.34. The second-order valence-electron chi connectivity index (χ2n) is 4.26. The second-order valence-corrected chi connectivity index (χ2v) is 4.26. The third-order valence-electron chi connectivity index (χ3n) is 2.92. The lowest BCUT2D eigenvalue weighted by atomic mass is 9.95. The number of carboxylic acids is 1. The van der Waals surface area contributed by atoms with Gasteiger partial charge in [-0.1, -0.05) is 0 Å². The van der Waals surface area contributed by atoms with Crippen molar-refractivity contribution in [2.45, 2.75) is 19.4 Å². The van der Waals surface area contributed by atoms with Crippen molar-refractivity contribution in [2.75, 3.05) is 13.1 Å². The summed E-state index contributed by atoms with van der Waals surface area (Å²) in [6.07, 6.45) is 3.01. The summed E-state index contributed by atoms with van der Waals surface area (Å²) in [4.78, 5) is 27.9. The van der Waals surface area contributed by atoms with E-state index in [4.69, 9.17) is 5.11 Å². The van der Waals surface area contributed by atoms with E-state index in [2.05, 4.69) is 10.1 Å². The molecule has 0 aliphatic carbocycles. The Morgan fingerprint density at radius 2 is 2.24 bits per heavy atom. The lowest BCUT2D eigenvalue weighted by Gasteiger charge is -2.39. The predicted octanol–water partition coefficient (Wildman–Crippen LogP) is -0.228. The van der Waals surface area contributed by atoms with Crippen LogP contribution in [0.4, 0.5) is 0 Å². The molecule has 0 radical (unpaired) electrons. The first-order valence-corrected chi connectivity index (χ1v) is 5.42. The molecule has 1 atom stereocenters. The summed E-state index contributed by atoms with van der Waals surface area (Å²) in [6.45, 7) is 2.79. The first-order chi connectivity index (χ1) is 8.08. The number of carbonyl (C=O) groups excluding carboxylic acids is 1. The van der Waals surface area contributed by atoms with Crippen molar-refractivity contribution >= 4 is 11.9 Å². The molecule has 17 heavy (non-hydrogen) atoms. The molecule has 1 fully saturated rings. The zero-order valence-electron chi connectivity index (χ0n) is 9.48. The van der Waals surface area contributed by atoms with Crippen LogP contribution in [-0.2, 0) is 9.59 Å². The molecule has 1 amide bonds. The number of carbonyl (C=O) groups is 2. The van der Waals surface area contributed by atoms with Gasteiger partial charge < -0.3 is 10.0 Å². The van der Waals surface area contributed by atoms with Crippen LogP contribution in [0.15, 0.2) is 12.7 Å². The van der Waals surface area contributed by atoms with Crippen LogP contribution in [-0.4, -0.2) is 49.7 Å². The third-order valence-corrected chi connectivity index (χ3v) is 2.92. The van der Waals surface area contributed by atoms with Crippen molar-refractivity contribution in [3.8, 4) is 0 Å². The number of rotatable bonds is 4. The van der Waals surface area contributed by atoms with Crippen molar-refractivity contribution < 1.29 is 14.7 Å². The largest absolute Gasteiger partial charge is 0.481 e. The Labute approximate surface area is 98.0 Å². The maximum absolute atomic E-state index is 11.9. The molecule has 2 rings (SSSR count). The van der Waals surface area contributed by atoms with E-state index >= 15 is 0 Å². The smallest absolute Gasteiger partial charge is 0.303 e. The van der Waals surface area contributed by atoms with Gasteiger partial charge in [-0.05, 0) is 6.92 Å². The Hall–Kier alpha value is -1.92. The van der Waals surface area contributed by atoms with Gasteiger partial charge in [-0.15, -0.1) is 0 Å². The van der Waals surface area contributed by atoms with Crippen LogP contribution in [0.2, 0.25) is 0 Å². The summed E-state index contributed by atoms with van der Waals surface area (Å²) in [7, 11) is 0. The quantitative estimate of drug-likeness (QED) is 0.782. The average molecular weight is 238 g/mol. The van der Waals surface area contributed by atoms with Crippen molar-refractivity contribution in [3.05, 3.63) is 12.7 Å². The van der Waals surface area contributed by atoms with Crippen LogP contribution < -0.4 is 0 Å². The van der Waals surface area contributed by atoms with Gasteiger partial charge in [0.05, 0.1) is 6.42 Å². The number of amides is 1. The van der Waals surface area contributed by atoms with Gasteiger partial charge in [0.1, 0.15) is 18.7 Å². The van der Waals surface area contributed by atoms with Gasteiger partial charge in [-0.2, -0.15) is 5.10 Å². The summed E-state index contributed by atoms with van der Waals surface area (Å²) >= 11 is 0. The fourth-order valence-electron chi connectivity index (χ4n) is 1.92. The number of aliphatic carboxylic acids is 1. The molecule has 92 valence electrons. The highest BCUT2D eigenvalue weighted by molar-refractivity contribution is 5.81. The summed E-state index contributed by atoms with van der Waals surface area (Å²) < 4.78 is 1.49. The van der Waals surface area contributed by atoms with E-state index in [0.717, 1.165) is 0 Å². The van der Waals surface area contributed by atoms with E-state index in [9.17, 15) is 9.59 Å². The normalized spacial score (nSPS) is 17.6. The van der Waals surface area contributed by atoms with Crippen LogP contribution in [0, 0.1) is 5.92 Å². The fraction of sp³-hybridized carbons (Fsp3) is 0.600. The average Bonchev–Trinajstić information content (AvgIpc) is 2.73. The van der Waals surface area contributed by atoms with E-state index in [-0.39, 0.29) is 24.3 Å². The van der Waals surface area contributed by atoms with Gasteiger partial charge >= 0.3 is 5.97 Å². The standard InChI is InChI=1S/C10H14N4O3/c1-7(14-6-11-5-12-14)10(17)13-3-8(4-13)2-9(15)16/h5-8H,2-4H2,1H3,(H,15,16). The molecular weight excluding hydrogens is 224 g/mol. The molecule has 1 aliphatic heterocycles. The van der Waals surface area contributed by atoms with E-state index < -0.39 is 5.97 Å². The van der Waals surface area contributed by atoms with Crippen LogP contribution >= 0.6 is 0 Å². The molecule has 1 aromatic rings. The third kappa shape index (κ3) is 2.43. The monoisotopic (exact) mass is 238 g/mol. The fourth-order valence-corrected chi connectivity index (χ4v) is 1.92. The zero-order chi connectivity index (χ0) is 12.4. The summed E-state index contributed by atoms with van der Waals surface area (Å²) in [5.41, 5.74) is 0. The molecule has 0 aromatic carbocycles. The Morgan fingerprint density at radius 3 is 2.76 bits per heavy atom. The predicted molar refractivity (Wildman–Crippen MR) is 57.1 cm³/mol. The Balaban J connectivity index is 1.85. The van der Waals surface area contributed by atoms with Crippen molar-refractivity contribution in [3.63, 3.8) is 0 Å². The summed E-state index contributed by atoms with van der Waals surface area (Å²) in [5.74, 6) is -0.775. The molecule has 1 saturated heterocycles. The minimum absolute atomic E-state index is 0.0443. The molecule has 0 saturated carbocycles. The Morgan fingerprint density at radius 1 is 1.53 bits per heavy atom. The molecule has 1 unspecified atom stereocenters. The van der Waals surface area contributed by atoms with E-state index in [0.29, 0.717) is 13.1 Å². The van der Waals surface area contributed by atoms with Gasteiger partial charge in [0.15, 0.2) is 0 Å². The zero-order valence-corrected chi connectivity index (χ0v) is 9.48. The molecular formula is C10H14N4O3. The minimum atomic E-state index is -0.813. The second kappa shape index (κ2) is 4.52. The maximum Gasteiger partial charge on any atom is 0.303 e. The number of carboxylic acid groups (broad SMARTS) is 1. The lowest BCUT2D eigenvalue weighted by molar-refractivity contribution is -0.146. The SMILES string of the molecule is CC(C(=O)N1CC(CC(=O)O)C1)n1cncn1. The number of likely N-dealkylation sites (tertiary alicyclic amines) is 1. The van der Waals surface area contributed by atoms with Crippen molar-refractivity contribution in [1.29, 1.82) is 0 Å². The van der Waals surface area contributed by atoms with Crippen LogP contribution in [0.1, 0.15) is 19.4 Å². The molecule has 0 spiro atoms. The topological polar surface area (TPSA) is 88.3 Å². The van der Waals surface area contributed by atoms with Gasteiger partial charge in [-0.3, -0.25) is 9.59 Å². The first kappa shape index (κ1) is 11.6. The molecule has 7 heteroatoms. The van der Waals surface area contributed by atoms with Crippen LogP contribution in [0.3, 0.4) is 0 Å². The molecule has 1 aromatic heterocycles. The first-order valence-electron chi connectivity index (χ1n) is 5.42. The van der Waals surface area contributed by atoms with E-state index in [1.165, 1.54) is 17.3 Å². The van der Waals surface area contributed by atoms with Crippen LogP contribution in [0.25, 0.3) is 0 Å². The number of hydrogen-bond donors (Lipinski definition) is 1. The van der Waals surface area contributed by atoms with E-state index in [1.807, 2.05) is 0 Å². The molecule has 1 N–H and O–H groups in total. The molecule has 2 heterocycles. The van der Waals surface area contributed by atoms with Gasteiger partial charge in [-0.25, -0.2) is 9.67 Å². The molecule has 7 nitrogen and oxygen atoms in total.